The first-order chi connectivity index (χ1) is 9.70. The van der Waals surface area contributed by atoms with Crippen molar-refractivity contribution in [1.29, 1.82) is 0 Å². The first-order valence-electron chi connectivity index (χ1n) is 6.65. The molecule has 0 unspecified atom stereocenters. The molecule has 0 radical (unpaired) electrons. The molecule has 0 fully saturated rings. The van der Waals surface area contributed by atoms with Gasteiger partial charge in [-0.1, -0.05) is 19.9 Å². The Morgan fingerprint density at radius 1 is 1.25 bits per heavy atom. The Morgan fingerprint density at radius 3 is 2.75 bits per heavy atom. The summed E-state index contributed by atoms with van der Waals surface area (Å²) in [6.07, 6.45) is 4.23. The Hall–Kier alpha value is -1.68. The number of hydrogen-bond acceptors (Lipinski definition) is 4. The predicted molar refractivity (Wildman–Crippen MR) is 79.1 cm³/mol. The van der Waals surface area contributed by atoms with Gasteiger partial charge in [0.2, 0.25) is 0 Å². The highest BCUT2D eigenvalue weighted by atomic mass is 35.5. The smallest absolute Gasteiger partial charge is 0.160 e. The van der Waals surface area contributed by atoms with E-state index in [1.807, 2.05) is 18.2 Å². The van der Waals surface area contributed by atoms with Crippen molar-refractivity contribution >= 4 is 11.6 Å². The lowest BCUT2D eigenvalue weighted by Gasteiger charge is -2.11. The lowest BCUT2D eigenvalue weighted by atomic mass is 10.2. The van der Waals surface area contributed by atoms with Crippen LogP contribution in [0.4, 0.5) is 0 Å². The van der Waals surface area contributed by atoms with Crippen LogP contribution in [0.5, 0.6) is 5.75 Å². The molecular weight excluding hydrogens is 274 g/mol. The van der Waals surface area contributed by atoms with E-state index in [0.717, 1.165) is 23.6 Å². The highest BCUT2D eigenvalue weighted by Gasteiger charge is 2.10. The third-order valence-electron chi connectivity index (χ3n) is 2.83. The first kappa shape index (κ1) is 14.7. The molecule has 0 atom stereocenters. The molecule has 2 aromatic rings. The number of pyridine rings is 1. The van der Waals surface area contributed by atoms with Gasteiger partial charge in [0.25, 0.3) is 0 Å². The molecule has 2 rings (SSSR count). The minimum atomic E-state index is 0.277. The summed E-state index contributed by atoms with van der Waals surface area (Å²) in [6.45, 7) is 4.63. The van der Waals surface area contributed by atoms with Crippen LogP contribution >= 0.6 is 11.6 Å². The molecule has 2 heterocycles. The van der Waals surface area contributed by atoms with Gasteiger partial charge < -0.3 is 4.74 Å². The van der Waals surface area contributed by atoms with Crippen LogP contribution in [-0.2, 0) is 12.3 Å². The van der Waals surface area contributed by atoms with Crippen molar-refractivity contribution < 1.29 is 4.74 Å². The van der Waals surface area contributed by atoms with Crippen LogP contribution in [0, 0.1) is 0 Å². The highest BCUT2D eigenvalue weighted by molar-refractivity contribution is 6.17. The summed E-state index contributed by atoms with van der Waals surface area (Å²) in [5.41, 5.74) is 1.74. The van der Waals surface area contributed by atoms with Crippen molar-refractivity contribution in [3.63, 3.8) is 0 Å². The molecule has 0 aliphatic carbocycles. The lowest BCUT2D eigenvalue weighted by Crippen LogP contribution is -2.07. The van der Waals surface area contributed by atoms with Gasteiger partial charge in [0.15, 0.2) is 5.75 Å². The maximum atomic E-state index is 5.92. The fourth-order valence-corrected chi connectivity index (χ4v) is 1.92. The lowest BCUT2D eigenvalue weighted by molar-refractivity contribution is 0.314. The molecule has 0 bridgehead atoms. The van der Waals surface area contributed by atoms with E-state index in [-0.39, 0.29) is 5.92 Å². The van der Waals surface area contributed by atoms with Crippen LogP contribution in [0.3, 0.4) is 0 Å². The highest BCUT2D eigenvalue weighted by Crippen LogP contribution is 2.20. The van der Waals surface area contributed by atoms with Gasteiger partial charge in [0.05, 0.1) is 18.7 Å². The zero-order chi connectivity index (χ0) is 14.4. The SMILES string of the molecule is CC(C)c1ncc(OCCc2ccccn2)c(CCl)n1. The van der Waals surface area contributed by atoms with Crippen molar-refractivity contribution in [2.24, 2.45) is 0 Å². The molecule has 106 valence electrons. The summed E-state index contributed by atoms with van der Waals surface area (Å²) in [4.78, 5) is 13.0. The molecule has 20 heavy (non-hydrogen) atoms. The average molecular weight is 292 g/mol. The molecule has 2 aromatic heterocycles. The molecule has 0 spiro atoms. The summed E-state index contributed by atoms with van der Waals surface area (Å²) in [7, 11) is 0. The molecule has 0 amide bonds. The number of ether oxygens (including phenoxy) is 1. The summed E-state index contributed by atoms with van der Waals surface area (Å²) < 4.78 is 5.72. The van der Waals surface area contributed by atoms with Crippen LogP contribution in [-0.4, -0.2) is 21.6 Å². The van der Waals surface area contributed by atoms with Gasteiger partial charge in [-0.05, 0) is 12.1 Å². The molecule has 5 heteroatoms. The zero-order valence-electron chi connectivity index (χ0n) is 11.7. The van der Waals surface area contributed by atoms with Gasteiger partial charge in [0, 0.05) is 24.2 Å². The fraction of sp³-hybridized carbons (Fsp3) is 0.400. The number of hydrogen-bond donors (Lipinski definition) is 0. The number of rotatable bonds is 6. The third kappa shape index (κ3) is 3.90. The first-order valence-corrected chi connectivity index (χ1v) is 7.18. The molecule has 4 nitrogen and oxygen atoms in total. The zero-order valence-corrected chi connectivity index (χ0v) is 12.5. The third-order valence-corrected chi connectivity index (χ3v) is 3.09. The van der Waals surface area contributed by atoms with E-state index < -0.39 is 0 Å². The normalized spacial score (nSPS) is 10.8. The summed E-state index contributed by atoms with van der Waals surface area (Å²) in [5, 5.41) is 0. The number of nitrogens with zero attached hydrogens (tertiary/aromatic N) is 3. The van der Waals surface area contributed by atoms with Gasteiger partial charge in [-0.3, -0.25) is 4.98 Å². The minimum Gasteiger partial charge on any atom is -0.490 e. The average Bonchev–Trinajstić information content (AvgIpc) is 2.48. The standard InChI is InChI=1S/C15H18ClN3O/c1-11(2)15-18-10-14(13(9-16)19-15)20-8-6-12-5-3-4-7-17-12/h3-5,7,10-11H,6,8-9H2,1-2H3. The van der Waals surface area contributed by atoms with Crippen molar-refractivity contribution in [3.8, 4) is 5.75 Å². The molecule has 0 aliphatic rings. The van der Waals surface area contributed by atoms with Crippen molar-refractivity contribution in [3.05, 3.63) is 47.8 Å². The van der Waals surface area contributed by atoms with E-state index in [0.29, 0.717) is 18.2 Å². The minimum absolute atomic E-state index is 0.277. The molecule has 0 saturated carbocycles. The monoisotopic (exact) mass is 291 g/mol. The summed E-state index contributed by atoms with van der Waals surface area (Å²) in [5.74, 6) is 2.04. The van der Waals surface area contributed by atoms with Gasteiger partial charge >= 0.3 is 0 Å². The number of alkyl halides is 1. The Kier molecular flexibility index (Phi) is 5.30. The Morgan fingerprint density at radius 2 is 2.10 bits per heavy atom. The van der Waals surface area contributed by atoms with Gasteiger partial charge in [-0.2, -0.15) is 0 Å². The Bertz CT molecular complexity index is 546. The van der Waals surface area contributed by atoms with E-state index in [1.54, 1.807) is 12.4 Å². The van der Waals surface area contributed by atoms with E-state index in [1.165, 1.54) is 0 Å². The second-order valence-corrected chi connectivity index (χ2v) is 5.01. The van der Waals surface area contributed by atoms with Gasteiger partial charge in [-0.25, -0.2) is 9.97 Å². The van der Waals surface area contributed by atoms with Crippen LogP contribution in [0.15, 0.2) is 30.6 Å². The van der Waals surface area contributed by atoms with Crippen LogP contribution in [0.2, 0.25) is 0 Å². The van der Waals surface area contributed by atoms with Gasteiger partial charge in [0.1, 0.15) is 11.5 Å². The molecular formula is C15H18ClN3O. The van der Waals surface area contributed by atoms with E-state index >= 15 is 0 Å². The van der Waals surface area contributed by atoms with Crippen molar-refractivity contribution in [2.75, 3.05) is 6.61 Å². The summed E-state index contributed by atoms with van der Waals surface area (Å²) in [6, 6.07) is 5.84. The Balaban J connectivity index is 1.99. The number of halogens is 1. The van der Waals surface area contributed by atoms with E-state index in [9.17, 15) is 0 Å². The predicted octanol–water partition coefficient (Wildman–Crippen LogP) is 3.36. The maximum absolute atomic E-state index is 5.92. The summed E-state index contributed by atoms with van der Waals surface area (Å²) >= 11 is 5.92. The van der Waals surface area contributed by atoms with Crippen LogP contribution < -0.4 is 4.74 Å². The van der Waals surface area contributed by atoms with E-state index in [2.05, 4.69) is 28.8 Å². The maximum Gasteiger partial charge on any atom is 0.160 e. The van der Waals surface area contributed by atoms with Crippen molar-refractivity contribution in [1.82, 2.24) is 15.0 Å². The van der Waals surface area contributed by atoms with E-state index in [4.69, 9.17) is 16.3 Å². The van der Waals surface area contributed by atoms with Crippen molar-refractivity contribution in [2.45, 2.75) is 32.1 Å². The molecule has 0 aliphatic heterocycles. The molecule has 0 saturated heterocycles. The van der Waals surface area contributed by atoms with Crippen LogP contribution in [0.25, 0.3) is 0 Å². The Labute approximate surface area is 124 Å². The molecule has 0 aromatic carbocycles. The largest absolute Gasteiger partial charge is 0.490 e. The van der Waals surface area contributed by atoms with Crippen LogP contribution in [0.1, 0.15) is 37.0 Å². The van der Waals surface area contributed by atoms with Gasteiger partial charge in [-0.15, -0.1) is 11.6 Å². The fourth-order valence-electron chi connectivity index (χ4n) is 1.73. The topological polar surface area (TPSA) is 47.9 Å². The number of aromatic nitrogens is 3. The quantitative estimate of drug-likeness (QED) is 0.766. The second kappa shape index (κ2) is 7.20. The molecule has 0 N–H and O–H groups in total. The second-order valence-electron chi connectivity index (χ2n) is 4.75.